The van der Waals surface area contributed by atoms with Gasteiger partial charge in [0, 0.05) is 17.8 Å². The molecule has 2 aromatic rings. The molecule has 1 aromatic carbocycles. The fourth-order valence-electron chi connectivity index (χ4n) is 4.94. The molecule has 2 heterocycles. The second-order valence-corrected chi connectivity index (χ2v) is 12.6. The predicted molar refractivity (Wildman–Crippen MR) is 146 cm³/mol. The lowest BCUT2D eigenvalue weighted by atomic mass is 9.85. The summed E-state index contributed by atoms with van der Waals surface area (Å²) in [5.74, 6) is -1.64. The molecule has 1 aromatic heterocycles. The number of thiophene rings is 1. The third-order valence-electron chi connectivity index (χ3n) is 7.51. The highest BCUT2D eigenvalue weighted by molar-refractivity contribution is 7.13. The molecule has 3 N–H and O–H groups in total. The van der Waals surface area contributed by atoms with Crippen LogP contribution in [-0.4, -0.2) is 58.1 Å². The molecule has 9 heteroatoms. The summed E-state index contributed by atoms with van der Waals surface area (Å²) in [4.78, 5) is 42.1. The monoisotopic (exact) mass is 543 g/mol. The van der Waals surface area contributed by atoms with E-state index in [2.05, 4.69) is 29.0 Å². The number of carbonyl (C=O) groups is 3. The third kappa shape index (κ3) is 5.94. The van der Waals surface area contributed by atoms with Crippen LogP contribution in [0.5, 0.6) is 0 Å². The minimum absolute atomic E-state index is 0.0220. The van der Waals surface area contributed by atoms with E-state index in [1.807, 2.05) is 31.2 Å². The van der Waals surface area contributed by atoms with E-state index in [0.29, 0.717) is 6.42 Å². The first-order valence-electron chi connectivity index (χ1n) is 13.3. The molecule has 1 saturated heterocycles. The summed E-state index contributed by atoms with van der Waals surface area (Å²) in [6.07, 6.45) is 0.164. The summed E-state index contributed by atoms with van der Waals surface area (Å²) in [7, 11) is 0. The third-order valence-corrected chi connectivity index (χ3v) is 8.58. The van der Waals surface area contributed by atoms with Gasteiger partial charge in [-0.3, -0.25) is 14.4 Å². The van der Waals surface area contributed by atoms with E-state index in [1.165, 1.54) is 15.3 Å². The van der Waals surface area contributed by atoms with Gasteiger partial charge in [-0.2, -0.15) is 0 Å². The molecule has 206 valence electrons. The van der Waals surface area contributed by atoms with Gasteiger partial charge in [-0.25, -0.2) is 4.39 Å². The van der Waals surface area contributed by atoms with Crippen molar-refractivity contribution in [3.05, 3.63) is 46.8 Å². The Hall–Kier alpha value is -2.78. The molecule has 1 aliphatic heterocycles. The summed E-state index contributed by atoms with van der Waals surface area (Å²) in [6.45, 7) is 9.38. The van der Waals surface area contributed by atoms with Crippen LogP contribution in [0, 0.1) is 12.3 Å². The number of likely N-dealkylation sites (tertiary alicyclic amines) is 1. The van der Waals surface area contributed by atoms with Crippen molar-refractivity contribution >= 4 is 29.1 Å². The average molecular weight is 544 g/mol. The van der Waals surface area contributed by atoms with Gasteiger partial charge < -0.3 is 20.6 Å². The molecule has 7 nitrogen and oxygen atoms in total. The maximum Gasteiger partial charge on any atom is 0.258 e. The van der Waals surface area contributed by atoms with E-state index in [1.54, 1.807) is 32.1 Å². The molecule has 0 unspecified atom stereocenters. The van der Waals surface area contributed by atoms with Gasteiger partial charge in [0.1, 0.15) is 12.1 Å². The van der Waals surface area contributed by atoms with Crippen LogP contribution in [0.25, 0.3) is 10.4 Å². The van der Waals surface area contributed by atoms with Gasteiger partial charge in [0.05, 0.1) is 12.1 Å². The quantitative estimate of drug-likeness (QED) is 0.463. The molecule has 4 atom stereocenters. The second kappa shape index (κ2) is 10.8. The Kier molecular flexibility index (Phi) is 8.00. The van der Waals surface area contributed by atoms with Crippen molar-refractivity contribution in [3.8, 4) is 10.4 Å². The number of carbonyl (C=O) groups excluding carboxylic acids is 3. The lowest BCUT2D eigenvalue weighted by Crippen LogP contribution is -2.59. The molecule has 1 saturated carbocycles. The number of nitrogens with zero attached hydrogens (tertiary/aromatic N) is 1. The zero-order valence-corrected chi connectivity index (χ0v) is 23.5. The molecule has 0 radical (unpaired) electrons. The van der Waals surface area contributed by atoms with Crippen molar-refractivity contribution < 1.29 is 23.9 Å². The van der Waals surface area contributed by atoms with Crippen LogP contribution in [0.3, 0.4) is 0 Å². The maximum absolute atomic E-state index is 14.4. The van der Waals surface area contributed by atoms with Gasteiger partial charge in [0.15, 0.2) is 5.67 Å². The van der Waals surface area contributed by atoms with Crippen molar-refractivity contribution in [3.63, 3.8) is 0 Å². The minimum Gasteiger partial charge on any atom is -0.391 e. The Morgan fingerprint density at radius 3 is 2.34 bits per heavy atom. The highest BCUT2D eigenvalue weighted by Crippen LogP contribution is 2.40. The molecule has 1 aliphatic carbocycles. The molecule has 0 spiro atoms. The van der Waals surface area contributed by atoms with E-state index >= 15 is 0 Å². The van der Waals surface area contributed by atoms with Crippen molar-refractivity contribution in [1.29, 1.82) is 0 Å². The topological polar surface area (TPSA) is 98.7 Å². The molecule has 3 amide bonds. The number of benzene rings is 1. The minimum atomic E-state index is -1.92. The summed E-state index contributed by atoms with van der Waals surface area (Å²) < 4.78 is 14.4. The summed E-state index contributed by atoms with van der Waals surface area (Å²) in [5, 5.41) is 18.1. The van der Waals surface area contributed by atoms with Crippen LogP contribution in [0.1, 0.15) is 70.5 Å². The van der Waals surface area contributed by atoms with Crippen molar-refractivity contribution in [2.45, 2.75) is 90.2 Å². The van der Waals surface area contributed by atoms with E-state index < -0.39 is 41.1 Å². The summed E-state index contributed by atoms with van der Waals surface area (Å²) >= 11 is 1.69. The number of nitrogens with one attached hydrogen (secondary N) is 2. The number of hydrogen-bond acceptors (Lipinski definition) is 5. The van der Waals surface area contributed by atoms with Crippen LogP contribution in [0.4, 0.5) is 4.39 Å². The molecule has 4 rings (SSSR count). The molecule has 2 fully saturated rings. The van der Waals surface area contributed by atoms with Crippen LogP contribution < -0.4 is 10.6 Å². The first kappa shape index (κ1) is 28.2. The molecule has 38 heavy (non-hydrogen) atoms. The number of rotatable bonds is 8. The van der Waals surface area contributed by atoms with Crippen molar-refractivity contribution in [1.82, 2.24) is 15.5 Å². The highest BCUT2D eigenvalue weighted by Gasteiger charge is 2.53. The maximum atomic E-state index is 14.4. The Morgan fingerprint density at radius 1 is 1.16 bits per heavy atom. The molecular weight excluding hydrogens is 505 g/mol. The van der Waals surface area contributed by atoms with Gasteiger partial charge in [0.25, 0.3) is 5.91 Å². The first-order chi connectivity index (χ1) is 17.8. The zero-order valence-electron chi connectivity index (χ0n) is 22.7. The van der Waals surface area contributed by atoms with Gasteiger partial charge in [0.2, 0.25) is 11.8 Å². The first-order valence-corrected chi connectivity index (χ1v) is 14.1. The van der Waals surface area contributed by atoms with Gasteiger partial charge >= 0.3 is 0 Å². The normalized spacial score (nSPS) is 22.0. The SMILES string of the molecule is CC[C@H](NC(=O)[C@@H]1C[C@@H](O)CN1C(=O)[C@@H](NC(=O)C1(F)CC1)C(C)(C)C)c1ccc(-c2sccc2C)cc1. The van der Waals surface area contributed by atoms with Gasteiger partial charge in [-0.1, -0.05) is 52.0 Å². The zero-order chi connectivity index (χ0) is 27.8. The number of halogens is 1. The van der Waals surface area contributed by atoms with E-state index in [4.69, 9.17) is 0 Å². The van der Waals surface area contributed by atoms with Crippen LogP contribution in [-0.2, 0) is 14.4 Å². The fourth-order valence-corrected chi connectivity index (χ4v) is 5.88. The van der Waals surface area contributed by atoms with Gasteiger partial charge in [-0.05, 0) is 59.7 Å². The standard InChI is InChI=1S/C29H38FN3O4S/c1-6-21(18-7-9-19(10-8-18)23-17(2)11-14-38-23)31-25(35)22-15-20(34)16-33(22)26(36)24(28(3,4)5)32-27(37)29(30)12-13-29/h7-11,14,20-22,24,34H,6,12-13,15-16H2,1-5H3,(H,31,35)(H,32,37)/t20-,21+,22+,24-/m1/s1. The van der Waals surface area contributed by atoms with Crippen molar-refractivity contribution in [2.24, 2.45) is 5.41 Å². The number of alkyl halides is 1. The summed E-state index contributed by atoms with van der Waals surface area (Å²) in [5.41, 5.74) is 0.650. The largest absolute Gasteiger partial charge is 0.391 e. The summed E-state index contributed by atoms with van der Waals surface area (Å²) in [6, 6.07) is 8.01. The Morgan fingerprint density at radius 2 is 1.82 bits per heavy atom. The van der Waals surface area contributed by atoms with Crippen molar-refractivity contribution in [2.75, 3.05) is 6.54 Å². The Balaban J connectivity index is 1.48. The van der Waals surface area contributed by atoms with Crippen LogP contribution >= 0.6 is 11.3 Å². The fraction of sp³-hybridized carbons (Fsp3) is 0.552. The van der Waals surface area contributed by atoms with Crippen LogP contribution in [0.2, 0.25) is 0 Å². The predicted octanol–water partition coefficient (Wildman–Crippen LogP) is 4.29. The van der Waals surface area contributed by atoms with Crippen LogP contribution in [0.15, 0.2) is 35.7 Å². The Labute approximate surface area is 227 Å². The second-order valence-electron chi connectivity index (χ2n) is 11.7. The van der Waals surface area contributed by atoms with E-state index in [9.17, 15) is 23.9 Å². The van der Waals surface area contributed by atoms with E-state index in [-0.39, 0.29) is 37.8 Å². The number of amides is 3. The lowest BCUT2D eigenvalue weighted by molar-refractivity contribution is -0.145. The number of aliphatic hydroxyl groups excluding tert-OH is 1. The molecule has 2 aliphatic rings. The highest BCUT2D eigenvalue weighted by atomic mass is 32.1. The smallest absolute Gasteiger partial charge is 0.258 e. The number of hydrogen-bond donors (Lipinski definition) is 3. The number of aryl methyl sites for hydroxylation is 1. The molecular formula is C29H38FN3O4S. The number of β-amino-alcohol motifs (C(OH)–C–C–N with tert-alkyl or cyclic N) is 1. The number of aliphatic hydroxyl groups is 1. The molecule has 0 bridgehead atoms. The Bertz CT molecular complexity index is 1190. The van der Waals surface area contributed by atoms with E-state index in [0.717, 1.165) is 11.1 Å². The average Bonchev–Trinajstić information content (AvgIpc) is 3.28. The lowest BCUT2D eigenvalue weighted by Gasteiger charge is -2.36. The van der Waals surface area contributed by atoms with Gasteiger partial charge in [-0.15, -0.1) is 11.3 Å².